The molecule has 2 heterocycles. The Morgan fingerprint density at radius 3 is 3.08 bits per heavy atom. The van der Waals surface area contributed by atoms with Crippen LogP contribution in [0, 0.1) is 5.82 Å². The van der Waals surface area contributed by atoms with Crippen molar-refractivity contribution in [1.82, 2.24) is 9.38 Å². The van der Waals surface area contributed by atoms with Crippen molar-refractivity contribution in [3.8, 4) is 0 Å². The van der Waals surface area contributed by atoms with Gasteiger partial charge in [0.2, 0.25) is 0 Å². The summed E-state index contributed by atoms with van der Waals surface area (Å²) in [5.74, 6) is -0.543. The molecular weight excluding hydrogens is 195 g/mol. The summed E-state index contributed by atoms with van der Waals surface area (Å²) in [4.78, 5) is 3.82. The zero-order valence-corrected chi connectivity index (χ0v) is 7.29. The molecule has 68 valence electrons. The summed E-state index contributed by atoms with van der Waals surface area (Å²) in [7, 11) is 0. The zero-order chi connectivity index (χ0) is 9.42. The van der Waals surface area contributed by atoms with Crippen molar-refractivity contribution < 1.29 is 9.50 Å². The predicted molar refractivity (Wildman–Crippen MR) is 46.1 cm³/mol. The number of aliphatic hydroxyl groups excluding tert-OH is 1. The van der Waals surface area contributed by atoms with E-state index in [0.717, 1.165) is 0 Å². The average molecular weight is 201 g/mol. The van der Waals surface area contributed by atoms with Crippen LogP contribution in [0.15, 0.2) is 18.6 Å². The molecule has 13 heavy (non-hydrogen) atoms. The van der Waals surface area contributed by atoms with Crippen LogP contribution in [0.3, 0.4) is 0 Å². The number of aliphatic hydroxyl groups is 1. The van der Waals surface area contributed by atoms with Gasteiger partial charge in [-0.3, -0.25) is 4.40 Å². The lowest BCUT2D eigenvalue weighted by molar-refractivity contribution is 0.274. The summed E-state index contributed by atoms with van der Waals surface area (Å²) in [6, 6.07) is 1.27. The maximum atomic E-state index is 13.1. The largest absolute Gasteiger partial charge is 0.390 e. The van der Waals surface area contributed by atoms with Crippen molar-refractivity contribution in [2.75, 3.05) is 0 Å². The number of pyridine rings is 1. The number of imidazole rings is 1. The molecule has 5 heteroatoms. The Balaban J connectivity index is 2.87. The van der Waals surface area contributed by atoms with Crippen molar-refractivity contribution in [2.45, 2.75) is 6.61 Å². The molecule has 2 rings (SSSR count). The van der Waals surface area contributed by atoms with Gasteiger partial charge in [0.15, 0.2) is 0 Å². The Morgan fingerprint density at radius 2 is 2.38 bits per heavy atom. The van der Waals surface area contributed by atoms with Crippen molar-refractivity contribution in [3.63, 3.8) is 0 Å². The highest BCUT2D eigenvalue weighted by Crippen LogP contribution is 2.22. The molecule has 0 amide bonds. The monoisotopic (exact) mass is 200 g/mol. The maximum absolute atomic E-state index is 13.1. The topological polar surface area (TPSA) is 37.5 Å². The van der Waals surface area contributed by atoms with Gasteiger partial charge in [-0.1, -0.05) is 11.6 Å². The lowest BCUT2D eigenvalue weighted by atomic mass is 10.3. The van der Waals surface area contributed by atoms with Crippen LogP contribution in [-0.4, -0.2) is 14.5 Å². The van der Waals surface area contributed by atoms with Gasteiger partial charge in [-0.2, -0.15) is 0 Å². The van der Waals surface area contributed by atoms with Crippen LogP contribution in [0.1, 0.15) is 5.69 Å². The summed E-state index contributed by atoms with van der Waals surface area (Å²) in [5, 5.41) is 8.90. The molecule has 0 radical (unpaired) electrons. The summed E-state index contributed by atoms with van der Waals surface area (Å²) < 4.78 is 14.6. The molecule has 0 aliphatic heterocycles. The van der Waals surface area contributed by atoms with E-state index < -0.39 is 5.82 Å². The van der Waals surface area contributed by atoms with Crippen molar-refractivity contribution >= 4 is 17.1 Å². The molecule has 0 bridgehead atoms. The van der Waals surface area contributed by atoms with Gasteiger partial charge in [-0.25, -0.2) is 9.37 Å². The van der Waals surface area contributed by atoms with E-state index in [2.05, 4.69) is 4.98 Å². The fourth-order valence-electron chi connectivity index (χ4n) is 1.22. The third-order valence-corrected chi connectivity index (χ3v) is 2.24. The Morgan fingerprint density at radius 1 is 1.62 bits per heavy atom. The Hall–Kier alpha value is -1.13. The summed E-state index contributed by atoms with van der Waals surface area (Å²) >= 11 is 5.65. The summed E-state index contributed by atoms with van der Waals surface area (Å²) in [5.41, 5.74) is 0.889. The SMILES string of the molecule is OCc1c(Cl)c(F)cc2cncn12. The second-order valence-corrected chi connectivity index (χ2v) is 2.98. The summed E-state index contributed by atoms with van der Waals surface area (Å²) in [6.45, 7) is -0.316. The van der Waals surface area contributed by atoms with Gasteiger partial charge < -0.3 is 5.11 Å². The first-order chi connectivity index (χ1) is 6.24. The quantitative estimate of drug-likeness (QED) is 0.760. The number of hydrogen-bond acceptors (Lipinski definition) is 2. The lowest BCUT2D eigenvalue weighted by Gasteiger charge is -2.05. The smallest absolute Gasteiger partial charge is 0.145 e. The molecule has 0 saturated heterocycles. The fraction of sp³-hybridized carbons (Fsp3) is 0.125. The number of aromatic nitrogens is 2. The minimum atomic E-state index is -0.543. The molecule has 0 aliphatic carbocycles. The molecule has 0 aliphatic rings. The molecule has 2 aromatic rings. The second kappa shape index (κ2) is 2.97. The molecule has 0 atom stereocenters. The van der Waals surface area contributed by atoms with E-state index in [0.29, 0.717) is 11.2 Å². The van der Waals surface area contributed by atoms with E-state index in [-0.39, 0.29) is 11.6 Å². The normalized spacial score (nSPS) is 11.0. The number of rotatable bonds is 1. The van der Waals surface area contributed by atoms with Gasteiger partial charge in [0.25, 0.3) is 0 Å². The molecule has 0 aromatic carbocycles. The zero-order valence-electron chi connectivity index (χ0n) is 6.54. The molecule has 3 nitrogen and oxygen atoms in total. The average Bonchev–Trinajstić information content (AvgIpc) is 2.54. The molecule has 0 saturated carbocycles. The highest BCUT2D eigenvalue weighted by Gasteiger charge is 2.10. The Bertz CT molecular complexity index is 455. The highest BCUT2D eigenvalue weighted by molar-refractivity contribution is 6.31. The lowest BCUT2D eigenvalue weighted by Crippen LogP contribution is -1.98. The molecule has 0 spiro atoms. The number of nitrogens with zero attached hydrogens (tertiary/aromatic N) is 2. The Labute approximate surface area is 78.4 Å². The van der Waals surface area contributed by atoms with Crippen LogP contribution in [0.5, 0.6) is 0 Å². The van der Waals surface area contributed by atoms with Crippen molar-refractivity contribution in [2.24, 2.45) is 0 Å². The van der Waals surface area contributed by atoms with Gasteiger partial charge in [-0.15, -0.1) is 0 Å². The molecule has 0 unspecified atom stereocenters. The van der Waals surface area contributed by atoms with Crippen LogP contribution in [0.2, 0.25) is 5.02 Å². The van der Waals surface area contributed by atoms with Crippen LogP contribution < -0.4 is 0 Å². The van der Waals surface area contributed by atoms with Gasteiger partial charge in [0.1, 0.15) is 5.82 Å². The van der Waals surface area contributed by atoms with E-state index in [1.165, 1.54) is 18.6 Å². The van der Waals surface area contributed by atoms with E-state index in [1.807, 2.05) is 0 Å². The van der Waals surface area contributed by atoms with Gasteiger partial charge in [0.05, 0.1) is 35.4 Å². The second-order valence-electron chi connectivity index (χ2n) is 2.60. The van der Waals surface area contributed by atoms with Crippen LogP contribution in [0.25, 0.3) is 5.52 Å². The minimum absolute atomic E-state index is 0.0620. The number of hydrogen-bond donors (Lipinski definition) is 1. The predicted octanol–water partition coefficient (Wildman–Crippen LogP) is 1.62. The van der Waals surface area contributed by atoms with E-state index in [1.54, 1.807) is 4.40 Å². The minimum Gasteiger partial charge on any atom is -0.390 e. The van der Waals surface area contributed by atoms with Crippen LogP contribution in [-0.2, 0) is 6.61 Å². The first kappa shape index (κ1) is 8.47. The third-order valence-electron chi connectivity index (χ3n) is 1.85. The van der Waals surface area contributed by atoms with E-state index in [4.69, 9.17) is 16.7 Å². The molecule has 1 N–H and O–H groups in total. The molecular formula is C8H6ClFN2O. The first-order valence-corrected chi connectivity index (χ1v) is 4.01. The van der Waals surface area contributed by atoms with E-state index >= 15 is 0 Å². The standard InChI is InChI=1S/C8H6ClFN2O/c9-8-6(10)1-5-2-11-4-12(5)7(8)3-13/h1-2,4,13H,3H2. The maximum Gasteiger partial charge on any atom is 0.145 e. The Kier molecular flexibility index (Phi) is 1.94. The molecule has 2 aromatic heterocycles. The van der Waals surface area contributed by atoms with Crippen molar-refractivity contribution in [1.29, 1.82) is 0 Å². The number of halogens is 2. The highest BCUT2D eigenvalue weighted by atomic mass is 35.5. The van der Waals surface area contributed by atoms with E-state index in [9.17, 15) is 4.39 Å². The van der Waals surface area contributed by atoms with Crippen LogP contribution >= 0.6 is 11.6 Å². The third kappa shape index (κ3) is 1.18. The van der Waals surface area contributed by atoms with Gasteiger partial charge >= 0.3 is 0 Å². The first-order valence-electron chi connectivity index (χ1n) is 3.64. The van der Waals surface area contributed by atoms with Crippen LogP contribution in [0.4, 0.5) is 4.39 Å². The fourth-order valence-corrected chi connectivity index (χ4v) is 1.43. The molecule has 0 fully saturated rings. The summed E-state index contributed by atoms with van der Waals surface area (Å²) in [6.07, 6.45) is 2.98. The van der Waals surface area contributed by atoms with Gasteiger partial charge in [0, 0.05) is 6.07 Å². The number of fused-ring (bicyclic) bond motifs is 1. The van der Waals surface area contributed by atoms with Gasteiger partial charge in [-0.05, 0) is 0 Å². The van der Waals surface area contributed by atoms with Crippen molar-refractivity contribution in [3.05, 3.63) is 35.1 Å².